The van der Waals surface area contributed by atoms with Crippen LogP contribution in [0.4, 0.5) is 16.2 Å². The quantitative estimate of drug-likeness (QED) is 0.876. The number of carbonyl (C=O) groups is 3. The normalized spacial score (nSPS) is 20.7. The van der Waals surface area contributed by atoms with Gasteiger partial charge in [0.2, 0.25) is 11.8 Å². The van der Waals surface area contributed by atoms with Crippen LogP contribution in [0.3, 0.4) is 0 Å². The molecule has 1 unspecified atom stereocenters. The Morgan fingerprint density at radius 1 is 1.24 bits per heavy atom. The minimum absolute atomic E-state index is 0.102. The molecular weight excluding hydrogens is 320 g/mol. The summed E-state index contributed by atoms with van der Waals surface area (Å²) in [6.07, 6.45) is 3.00. The van der Waals surface area contributed by atoms with Gasteiger partial charge in [0.05, 0.1) is 5.92 Å². The molecule has 0 aromatic heterocycles. The number of nitrogens with two attached hydrogens (primary N) is 1. The predicted molar refractivity (Wildman–Crippen MR) is 95.3 cm³/mol. The fourth-order valence-electron chi connectivity index (χ4n) is 3.57. The Balaban J connectivity index is 1.66. The first-order chi connectivity index (χ1) is 12.0. The number of primary amides is 1. The van der Waals surface area contributed by atoms with Crippen molar-refractivity contribution in [2.75, 3.05) is 29.9 Å². The summed E-state index contributed by atoms with van der Waals surface area (Å²) < 4.78 is 0. The number of hydrogen-bond acceptors (Lipinski definition) is 3. The van der Waals surface area contributed by atoms with Crippen LogP contribution >= 0.6 is 0 Å². The third-order valence-corrected chi connectivity index (χ3v) is 4.93. The Labute approximate surface area is 147 Å². The van der Waals surface area contributed by atoms with Gasteiger partial charge in [0, 0.05) is 37.4 Å². The minimum Gasteiger partial charge on any atom is -0.351 e. The van der Waals surface area contributed by atoms with Crippen molar-refractivity contribution in [1.29, 1.82) is 0 Å². The molecule has 0 aliphatic carbocycles. The van der Waals surface area contributed by atoms with Crippen LogP contribution in [-0.4, -0.2) is 42.4 Å². The van der Waals surface area contributed by atoms with E-state index in [1.54, 1.807) is 4.90 Å². The van der Waals surface area contributed by atoms with Gasteiger partial charge in [0.1, 0.15) is 0 Å². The molecule has 2 heterocycles. The van der Waals surface area contributed by atoms with Crippen molar-refractivity contribution in [2.24, 2.45) is 11.7 Å². The van der Waals surface area contributed by atoms with E-state index in [9.17, 15) is 14.4 Å². The third-order valence-electron chi connectivity index (χ3n) is 4.93. The molecule has 0 bridgehead atoms. The minimum atomic E-state index is -0.479. The van der Waals surface area contributed by atoms with Crippen molar-refractivity contribution in [3.63, 3.8) is 0 Å². The number of carbonyl (C=O) groups excluding carboxylic acids is 3. The van der Waals surface area contributed by atoms with Gasteiger partial charge in [0.25, 0.3) is 0 Å². The molecule has 3 N–H and O–H groups in total. The van der Waals surface area contributed by atoms with Crippen LogP contribution in [0, 0.1) is 12.8 Å². The van der Waals surface area contributed by atoms with E-state index < -0.39 is 6.03 Å². The summed E-state index contributed by atoms with van der Waals surface area (Å²) in [4.78, 5) is 39.0. The average molecular weight is 344 g/mol. The molecule has 3 rings (SSSR count). The smallest absolute Gasteiger partial charge is 0.314 e. The first-order valence-corrected chi connectivity index (χ1v) is 8.72. The maximum absolute atomic E-state index is 12.5. The van der Waals surface area contributed by atoms with E-state index >= 15 is 0 Å². The first kappa shape index (κ1) is 17.3. The highest BCUT2D eigenvalue weighted by Gasteiger charge is 2.28. The van der Waals surface area contributed by atoms with Crippen LogP contribution in [0.15, 0.2) is 18.2 Å². The van der Waals surface area contributed by atoms with Crippen molar-refractivity contribution < 1.29 is 14.4 Å². The van der Waals surface area contributed by atoms with E-state index in [1.165, 1.54) is 4.90 Å². The number of benzene rings is 1. The number of anilines is 2. The Hall–Kier alpha value is -2.57. The van der Waals surface area contributed by atoms with Gasteiger partial charge in [-0.15, -0.1) is 0 Å². The number of likely N-dealkylation sites (tertiary alicyclic amines) is 1. The molecule has 0 radical (unpaired) electrons. The van der Waals surface area contributed by atoms with Crippen molar-refractivity contribution in [3.05, 3.63) is 23.8 Å². The predicted octanol–water partition coefficient (Wildman–Crippen LogP) is 1.85. The van der Waals surface area contributed by atoms with E-state index in [4.69, 9.17) is 5.73 Å². The van der Waals surface area contributed by atoms with Crippen LogP contribution in [-0.2, 0) is 9.59 Å². The molecule has 134 valence electrons. The number of rotatable bonds is 3. The van der Waals surface area contributed by atoms with Crippen LogP contribution < -0.4 is 16.0 Å². The second kappa shape index (κ2) is 7.13. The molecule has 1 aromatic rings. The van der Waals surface area contributed by atoms with Crippen LogP contribution in [0.25, 0.3) is 0 Å². The lowest BCUT2D eigenvalue weighted by Crippen LogP contribution is -2.46. The van der Waals surface area contributed by atoms with E-state index in [1.807, 2.05) is 25.1 Å². The van der Waals surface area contributed by atoms with E-state index in [2.05, 4.69) is 5.32 Å². The SMILES string of the molecule is Cc1cc(NC(=O)C2CCCN(C(N)=O)C2)ccc1N1CCCC1=O. The van der Waals surface area contributed by atoms with Gasteiger partial charge in [-0.3, -0.25) is 9.59 Å². The number of hydrogen-bond donors (Lipinski definition) is 2. The second-order valence-electron chi connectivity index (χ2n) is 6.76. The van der Waals surface area contributed by atoms with Crippen molar-refractivity contribution in [1.82, 2.24) is 4.90 Å². The zero-order chi connectivity index (χ0) is 18.0. The van der Waals surface area contributed by atoms with Crippen molar-refractivity contribution in [3.8, 4) is 0 Å². The number of piperidine rings is 1. The van der Waals surface area contributed by atoms with E-state index in [-0.39, 0.29) is 17.7 Å². The lowest BCUT2D eigenvalue weighted by atomic mass is 9.97. The van der Waals surface area contributed by atoms with Crippen LogP contribution in [0.5, 0.6) is 0 Å². The highest BCUT2D eigenvalue weighted by atomic mass is 16.2. The molecule has 2 fully saturated rings. The number of urea groups is 1. The van der Waals surface area contributed by atoms with Gasteiger partial charge in [-0.25, -0.2) is 4.79 Å². The maximum Gasteiger partial charge on any atom is 0.314 e. The summed E-state index contributed by atoms with van der Waals surface area (Å²) in [5.74, 6) is -0.203. The zero-order valence-corrected chi connectivity index (χ0v) is 14.5. The van der Waals surface area contributed by atoms with Gasteiger partial charge in [-0.1, -0.05) is 0 Å². The molecule has 2 aliphatic rings. The molecule has 4 amide bonds. The summed E-state index contributed by atoms with van der Waals surface area (Å²) in [5, 5.41) is 2.92. The lowest BCUT2D eigenvalue weighted by Gasteiger charge is -2.30. The van der Waals surface area contributed by atoms with E-state index in [0.29, 0.717) is 25.2 Å². The fraction of sp³-hybridized carbons (Fsp3) is 0.500. The molecule has 0 spiro atoms. The van der Waals surface area contributed by atoms with Gasteiger partial charge in [0.15, 0.2) is 0 Å². The fourth-order valence-corrected chi connectivity index (χ4v) is 3.57. The Kier molecular flexibility index (Phi) is 4.92. The number of nitrogens with one attached hydrogen (secondary N) is 1. The molecule has 7 heteroatoms. The molecule has 2 aliphatic heterocycles. The van der Waals surface area contributed by atoms with Gasteiger partial charge in [-0.05, 0) is 49.9 Å². The monoisotopic (exact) mass is 344 g/mol. The van der Waals surface area contributed by atoms with Gasteiger partial charge in [-0.2, -0.15) is 0 Å². The molecule has 1 aromatic carbocycles. The molecule has 2 saturated heterocycles. The van der Waals surface area contributed by atoms with E-state index in [0.717, 1.165) is 37.1 Å². The lowest BCUT2D eigenvalue weighted by molar-refractivity contribution is -0.121. The average Bonchev–Trinajstić information content (AvgIpc) is 3.01. The molecule has 7 nitrogen and oxygen atoms in total. The van der Waals surface area contributed by atoms with Gasteiger partial charge < -0.3 is 20.9 Å². The second-order valence-corrected chi connectivity index (χ2v) is 6.76. The standard InChI is InChI=1S/C18H24N4O3/c1-12-10-14(6-7-15(12)22-9-3-5-16(22)23)20-17(24)13-4-2-8-21(11-13)18(19)25/h6-7,10,13H,2-5,8-9,11H2,1H3,(H2,19,25)(H,20,24). The Morgan fingerprint density at radius 2 is 2.04 bits per heavy atom. The number of aryl methyl sites for hydroxylation is 1. The topological polar surface area (TPSA) is 95.7 Å². The summed E-state index contributed by atoms with van der Waals surface area (Å²) in [6.45, 7) is 3.65. The number of nitrogens with zero attached hydrogens (tertiary/aromatic N) is 2. The van der Waals surface area contributed by atoms with Crippen LogP contribution in [0.1, 0.15) is 31.2 Å². The highest BCUT2D eigenvalue weighted by molar-refractivity contribution is 5.97. The summed E-state index contributed by atoms with van der Waals surface area (Å²) in [7, 11) is 0. The van der Waals surface area contributed by atoms with Gasteiger partial charge >= 0.3 is 6.03 Å². The summed E-state index contributed by atoms with van der Waals surface area (Å²) in [5.41, 5.74) is 7.87. The van der Waals surface area contributed by atoms with Crippen molar-refractivity contribution >= 4 is 29.2 Å². The first-order valence-electron chi connectivity index (χ1n) is 8.72. The van der Waals surface area contributed by atoms with Crippen LogP contribution in [0.2, 0.25) is 0 Å². The molecular formula is C18H24N4O3. The third kappa shape index (κ3) is 3.75. The maximum atomic E-state index is 12.5. The molecule has 1 atom stereocenters. The zero-order valence-electron chi connectivity index (χ0n) is 14.5. The Morgan fingerprint density at radius 3 is 2.68 bits per heavy atom. The Bertz CT molecular complexity index is 704. The largest absolute Gasteiger partial charge is 0.351 e. The summed E-state index contributed by atoms with van der Waals surface area (Å²) >= 11 is 0. The molecule has 0 saturated carbocycles. The molecule has 25 heavy (non-hydrogen) atoms. The highest BCUT2D eigenvalue weighted by Crippen LogP contribution is 2.28. The summed E-state index contributed by atoms with van der Waals surface area (Å²) in [6, 6.07) is 5.10. The number of amides is 4. The van der Waals surface area contributed by atoms with Crippen molar-refractivity contribution in [2.45, 2.75) is 32.6 Å².